The molecule has 0 spiro atoms. The van der Waals surface area contributed by atoms with Crippen molar-refractivity contribution in [3.05, 3.63) is 23.4 Å². The Kier molecular flexibility index (Phi) is 2.70. The number of rotatable bonds is 3. The number of allylic oxidation sites excluding steroid dienone is 2. The summed E-state index contributed by atoms with van der Waals surface area (Å²) in [5.74, 6) is 1.50. The number of fused-ring (bicyclic) bond motifs is 2. The van der Waals surface area contributed by atoms with Crippen molar-refractivity contribution in [3.63, 3.8) is 0 Å². The fourth-order valence-corrected chi connectivity index (χ4v) is 3.40. The van der Waals surface area contributed by atoms with Crippen molar-refractivity contribution in [2.24, 2.45) is 11.8 Å². The molecule has 0 N–H and O–H groups in total. The zero-order valence-corrected chi connectivity index (χ0v) is 9.91. The van der Waals surface area contributed by atoms with Gasteiger partial charge in [-0.1, -0.05) is 23.4 Å². The highest BCUT2D eigenvalue weighted by Crippen LogP contribution is 2.40. The van der Waals surface area contributed by atoms with Crippen LogP contribution in [0.3, 0.4) is 0 Å². The summed E-state index contributed by atoms with van der Waals surface area (Å²) in [6.07, 6.45) is 10.2. The summed E-state index contributed by atoms with van der Waals surface area (Å²) in [5, 5.41) is 1.48. The fraction of sp³-hybridized carbons (Fsp3) is 0.636. The van der Waals surface area contributed by atoms with E-state index in [-0.39, 0.29) is 0 Å². The van der Waals surface area contributed by atoms with Crippen LogP contribution in [0, 0.1) is 11.8 Å². The van der Waals surface area contributed by atoms with E-state index in [1.807, 2.05) is 0 Å². The van der Waals surface area contributed by atoms with Gasteiger partial charge < -0.3 is 4.43 Å². The highest BCUT2D eigenvalue weighted by Gasteiger charge is 2.37. The zero-order chi connectivity index (χ0) is 9.26. The second kappa shape index (κ2) is 3.80. The lowest BCUT2D eigenvalue weighted by Gasteiger charge is -2.17. The third-order valence-electron chi connectivity index (χ3n) is 3.28. The lowest BCUT2D eigenvalue weighted by Crippen LogP contribution is -2.21. The minimum atomic E-state index is -0.396. The molecule has 0 saturated heterocycles. The first-order valence-electron chi connectivity index (χ1n) is 5.23. The van der Waals surface area contributed by atoms with Crippen molar-refractivity contribution in [1.29, 1.82) is 0 Å². The Morgan fingerprint density at radius 3 is 2.46 bits per heavy atom. The molecule has 0 aliphatic heterocycles. The monoisotopic (exact) mass is 194 g/mol. The average molecular weight is 194 g/mol. The summed E-state index contributed by atoms with van der Waals surface area (Å²) < 4.78 is 6.05. The summed E-state index contributed by atoms with van der Waals surface area (Å²) in [4.78, 5) is 0. The van der Waals surface area contributed by atoms with E-state index in [2.05, 4.69) is 32.1 Å². The molecule has 2 unspecified atom stereocenters. The minimum absolute atomic E-state index is 0.396. The normalized spacial score (nSPS) is 38.3. The smallest absolute Gasteiger partial charge is 0.188 e. The number of hydrogen-bond donors (Lipinski definition) is 0. The largest absolute Gasteiger partial charge is 0.415 e. The third kappa shape index (κ3) is 1.79. The van der Waals surface area contributed by atoms with E-state index < -0.39 is 9.76 Å². The van der Waals surface area contributed by atoms with Crippen LogP contribution < -0.4 is 0 Å². The molecule has 2 bridgehead atoms. The van der Waals surface area contributed by atoms with Crippen LogP contribution in [0.4, 0.5) is 0 Å². The Labute approximate surface area is 82.8 Å². The Bertz CT molecular complexity index is 230. The SMILES string of the molecule is C/C=C(\C)[SiH2]OC1C2C=CC1CC2. The molecule has 0 aromatic heterocycles. The molecule has 2 aliphatic carbocycles. The third-order valence-corrected chi connectivity index (χ3v) is 4.69. The molecule has 1 nitrogen and oxygen atoms in total. The van der Waals surface area contributed by atoms with Gasteiger partial charge in [0.2, 0.25) is 0 Å². The summed E-state index contributed by atoms with van der Waals surface area (Å²) in [7, 11) is -0.396. The highest BCUT2D eigenvalue weighted by molar-refractivity contribution is 6.37. The molecule has 0 amide bonds. The van der Waals surface area contributed by atoms with Gasteiger partial charge in [-0.3, -0.25) is 0 Å². The van der Waals surface area contributed by atoms with Crippen LogP contribution in [-0.2, 0) is 4.43 Å². The van der Waals surface area contributed by atoms with Gasteiger partial charge in [0.25, 0.3) is 0 Å². The standard InChI is InChI=1S/C11H18OSi/c1-3-8(2)13-12-11-9-4-5-10(11)7-6-9/h3-5,9-11H,6-7,13H2,1-2H3/b8-3+. The molecule has 0 aromatic carbocycles. The summed E-state index contributed by atoms with van der Waals surface area (Å²) in [6, 6.07) is 0. The van der Waals surface area contributed by atoms with Crippen LogP contribution in [-0.4, -0.2) is 15.9 Å². The van der Waals surface area contributed by atoms with Gasteiger partial charge in [0.05, 0.1) is 6.10 Å². The quantitative estimate of drug-likeness (QED) is 0.493. The van der Waals surface area contributed by atoms with Crippen LogP contribution in [0.1, 0.15) is 26.7 Å². The van der Waals surface area contributed by atoms with E-state index in [0.717, 1.165) is 11.8 Å². The molecular weight excluding hydrogens is 176 g/mol. The fourth-order valence-electron chi connectivity index (χ4n) is 2.29. The molecule has 1 fully saturated rings. The number of hydrogen-bond acceptors (Lipinski definition) is 1. The van der Waals surface area contributed by atoms with Crippen molar-refractivity contribution in [3.8, 4) is 0 Å². The van der Waals surface area contributed by atoms with Crippen molar-refractivity contribution in [1.82, 2.24) is 0 Å². The van der Waals surface area contributed by atoms with Crippen LogP contribution in [0.5, 0.6) is 0 Å². The second-order valence-corrected chi connectivity index (χ2v) is 5.94. The van der Waals surface area contributed by atoms with Crippen molar-refractivity contribution in [2.75, 3.05) is 0 Å². The topological polar surface area (TPSA) is 9.23 Å². The molecule has 72 valence electrons. The Balaban J connectivity index is 1.84. The predicted molar refractivity (Wildman–Crippen MR) is 58.2 cm³/mol. The molecule has 2 aliphatic rings. The maximum Gasteiger partial charge on any atom is 0.188 e. The maximum atomic E-state index is 6.05. The minimum Gasteiger partial charge on any atom is -0.415 e. The average Bonchev–Trinajstić information content (AvgIpc) is 2.73. The van der Waals surface area contributed by atoms with E-state index in [0.29, 0.717) is 6.10 Å². The van der Waals surface area contributed by atoms with Crippen LogP contribution >= 0.6 is 0 Å². The van der Waals surface area contributed by atoms with Gasteiger partial charge >= 0.3 is 0 Å². The Hall–Kier alpha value is -0.343. The zero-order valence-electron chi connectivity index (χ0n) is 8.49. The molecule has 1 saturated carbocycles. The molecule has 0 aromatic rings. The van der Waals surface area contributed by atoms with Gasteiger partial charge in [0.15, 0.2) is 9.76 Å². The molecule has 2 atom stereocenters. The summed E-state index contributed by atoms with van der Waals surface area (Å²) >= 11 is 0. The first-order chi connectivity index (χ1) is 6.31. The van der Waals surface area contributed by atoms with Gasteiger partial charge in [0.1, 0.15) is 0 Å². The van der Waals surface area contributed by atoms with E-state index in [9.17, 15) is 0 Å². The Morgan fingerprint density at radius 2 is 2.00 bits per heavy atom. The van der Waals surface area contributed by atoms with Crippen molar-refractivity contribution >= 4 is 9.76 Å². The first-order valence-corrected chi connectivity index (χ1v) is 6.51. The molecule has 0 radical (unpaired) electrons. The van der Waals surface area contributed by atoms with Gasteiger partial charge in [-0.05, 0) is 26.7 Å². The molecule has 2 rings (SSSR count). The summed E-state index contributed by atoms with van der Waals surface area (Å²) in [6.45, 7) is 4.30. The van der Waals surface area contributed by atoms with E-state index in [1.165, 1.54) is 18.0 Å². The van der Waals surface area contributed by atoms with Gasteiger partial charge in [0, 0.05) is 11.8 Å². The van der Waals surface area contributed by atoms with Gasteiger partial charge in [-0.25, -0.2) is 0 Å². The maximum absolute atomic E-state index is 6.05. The van der Waals surface area contributed by atoms with Crippen LogP contribution in [0.2, 0.25) is 0 Å². The van der Waals surface area contributed by atoms with E-state index in [4.69, 9.17) is 4.43 Å². The second-order valence-electron chi connectivity index (χ2n) is 4.20. The van der Waals surface area contributed by atoms with Crippen molar-refractivity contribution < 1.29 is 4.43 Å². The molecular formula is C11H18OSi. The van der Waals surface area contributed by atoms with E-state index in [1.54, 1.807) is 0 Å². The first kappa shape index (κ1) is 9.22. The molecule has 13 heavy (non-hydrogen) atoms. The lowest BCUT2D eigenvalue weighted by atomic mass is 10.1. The molecule has 2 heteroatoms. The van der Waals surface area contributed by atoms with Crippen molar-refractivity contribution in [2.45, 2.75) is 32.8 Å². The lowest BCUT2D eigenvalue weighted by molar-refractivity contribution is 0.174. The predicted octanol–water partition coefficient (Wildman–Crippen LogP) is 1.98. The molecule has 0 heterocycles. The highest BCUT2D eigenvalue weighted by atomic mass is 28.2. The van der Waals surface area contributed by atoms with Gasteiger partial charge in [-0.15, -0.1) is 0 Å². The Morgan fingerprint density at radius 1 is 1.38 bits per heavy atom. The van der Waals surface area contributed by atoms with Gasteiger partial charge in [-0.2, -0.15) is 0 Å². The van der Waals surface area contributed by atoms with E-state index >= 15 is 0 Å². The van der Waals surface area contributed by atoms with Crippen LogP contribution in [0.15, 0.2) is 23.4 Å². The van der Waals surface area contributed by atoms with Crippen LogP contribution in [0.25, 0.3) is 0 Å². The summed E-state index contributed by atoms with van der Waals surface area (Å²) in [5.41, 5.74) is 0.